The predicted octanol–water partition coefficient (Wildman–Crippen LogP) is 2.87. The molecule has 8 heteroatoms. The van der Waals surface area contributed by atoms with E-state index in [2.05, 4.69) is 15.1 Å². The van der Waals surface area contributed by atoms with Crippen molar-refractivity contribution in [1.29, 1.82) is 0 Å². The summed E-state index contributed by atoms with van der Waals surface area (Å²) in [5.41, 5.74) is 1.58. The minimum absolute atomic E-state index is 0.120. The van der Waals surface area contributed by atoms with Crippen molar-refractivity contribution in [1.82, 2.24) is 19.7 Å². The van der Waals surface area contributed by atoms with Crippen LogP contribution in [-0.2, 0) is 6.54 Å². The number of fused-ring (bicyclic) bond motifs is 1. The molecule has 126 valence electrons. The minimum atomic E-state index is -0.120. The Labute approximate surface area is 146 Å². The van der Waals surface area contributed by atoms with Gasteiger partial charge in [-0.05, 0) is 42.8 Å². The largest absolute Gasteiger partial charge is 0.497 e. The van der Waals surface area contributed by atoms with Gasteiger partial charge in [0, 0.05) is 4.88 Å². The molecule has 4 rings (SSSR count). The van der Waals surface area contributed by atoms with Gasteiger partial charge in [-0.15, -0.1) is 11.3 Å². The number of nitrogens with zero attached hydrogens (tertiary/aromatic N) is 4. The van der Waals surface area contributed by atoms with Crippen LogP contribution >= 0.6 is 11.3 Å². The molecule has 0 N–H and O–H groups in total. The summed E-state index contributed by atoms with van der Waals surface area (Å²) in [4.78, 5) is 22.2. The quantitative estimate of drug-likeness (QED) is 0.560. The van der Waals surface area contributed by atoms with Crippen molar-refractivity contribution in [2.75, 3.05) is 7.11 Å². The summed E-state index contributed by atoms with van der Waals surface area (Å²) in [6, 6.07) is 9.63. The lowest BCUT2D eigenvalue weighted by Crippen LogP contribution is -2.20. The second-order valence-corrected chi connectivity index (χ2v) is 6.52. The van der Waals surface area contributed by atoms with E-state index in [4.69, 9.17) is 9.26 Å². The summed E-state index contributed by atoms with van der Waals surface area (Å²) in [6.07, 6.45) is 1.51. The summed E-state index contributed by atoms with van der Waals surface area (Å²) >= 11 is 1.42. The Morgan fingerprint density at radius 1 is 1.28 bits per heavy atom. The van der Waals surface area contributed by atoms with Crippen LogP contribution in [0, 0.1) is 6.92 Å². The summed E-state index contributed by atoms with van der Waals surface area (Å²) in [7, 11) is 1.63. The van der Waals surface area contributed by atoms with Crippen molar-refractivity contribution in [3.8, 4) is 16.2 Å². The summed E-state index contributed by atoms with van der Waals surface area (Å²) in [6.45, 7) is 1.94. The highest BCUT2D eigenvalue weighted by Gasteiger charge is 2.12. The zero-order valence-corrected chi connectivity index (χ0v) is 14.4. The van der Waals surface area contributed by atoms with Crippen molar-refractivity contribution in [3.05, 3.63) is 58.7 Å². The fourth-order valence-corrected chi connectivity index (χ4v) is 3.57. The monoisotopic (exact) mass is 354 g/mol. The van der Waals surface area contributed by atoms with Gasteiger partial charge in [0.25, 0.3) is 5.56 Å². The lowest BCUT2D eigenvalue weighted by molar-refractivity contribution is 0.366. The number of ether oxygens (including phenoxy) is 1. The predicted molar refractivity (Wildman–Crippen MR) is 94.0 cm³/mol. The maximum Gasteiger partial charge on any atom is 0.271 e. The third kappa shape index (κ3) is 2.91. The smallest absolute Gasteiger partial charge is 0.271 e. The third-order valence-corrected chi connectivity index (χ3v) is 4.91. The number of hydrogen-bond acceptors (Lipinski definition) is 7. The molecule has 0 spiro atoms. The minimum Gasteiger partial charge on any atom is -0.497 e. The normalized spacial score (nSPS) is 11.1. The fraction of sp³-hybridized carbons (Fsp3) is 0.176. The first-order valence-electron chi connectivity index (χ1n) is 7.56. The van der Waals surface area contributed by atoms with Crippen LogP contribution < -0.4 is 10.3 Å². The van der Waals surface area contributed by atoms with E-state index in [-0.39, 0.29) is 12.1 Å². The number of rotatable bonds is 4. The van der Waals surface area contributed by atoms with Gasteiger partial charge in [0.15, 0.2) is 5.82 Å². The standard InChI is InChI=1S/C17H14N4O3S/c1-10-19-15(24-20-10)8-21-9-18-13-7-14(25-16(13)17(21)22)11-3-5-12(23-2)6-4-11/h3-7,9H,8H2,1-2H3. The molecular formula is C17H14N4O3S. The van der Waals surface area contributed by atoms with E-state index in [0.717, 1.165) is 16.2 Å². The van der Waals surface area contributed by atoms with Gasteiger partial charge < -0.3 is 9.26 Å². The molecule has 0 bridgehead atoms. The van der Waals surface area contributed by atoms with Crippen LogP contribution in [0.1, 0.15) is 11.7 Å². The number of methoxy groups -OCH3 is 1. The lowest BCUT2D eigenvalue weighted by atomic mass is 10.2. The molecule has 0 saturated carbocycles. The van der Waals surface area contributed by atoms with Crippen molar-refractivity contribution in [2.24, 2.45) is 0 Å². The molecular weight excluding hydrogens is 340 g/mol. The van der Waals surface area contributed by atoms with Gasteiger partial charge in [-0.25, -0.2) is 4.98 Å². The van der Waals surface area contributed by atoms with Gasteiger partial charge in [0.1, 0.15) is 17.0 Å². The Morgan fingerprint density at radius 2 is 2.08 bits per heavy atom. The molecule has 0 atom stereocenters. The van der Waals surface area contributed by atoms with Crippen molar-refractivity contribution in [3.63, 3.8) is 0 Å². The van der Waals surface area contributed by atoms with E-state index in [9.17, 15) is 4.79 Å². The molecule has 0 amide bonds. The maximum absolute atomic E-state index is 12.7. The van der Waals surface area contributed by atoms with Crippen LogP contribution in [0.4, 0.5) is 0 Å². The van der Waals surface area contributed by atoms with Crippen LogP contribution in [0.3, 0.4) is 0 Å². The van der Waals surface area contributed by atoms with Crippen LogP contribution in [0.2, 0.25) is 0 Å². The molecule has 25 heavy (non-hydrogen) atoms. The zero-order valence-electron chi connectivity index (χ0n) is 13.6. The molecule has 0 aliphatic heterocycles. The third-order valence-electron chi connectivity index (χ3n) is 3.75. The first-order chi connectivity index (χ1) is 12.1. The Kier molecular flexibility index (Phi) is 3.81. The van der Waals surface area contributed by atoms with Crippen LogP contribution in [0.5, 0.6) is 5.75 Å². The van der Waals surface area contributed by atoms with Crippen molar-refractivity contribution in [2.45, 2.75) is 13.5 Å². The molecule has 0 aliphatic rings. The highest BCUT2D eigenvalue weighted by molar-refractivity contribution is 7.22. The molecule has 0 aliphatic carbocycles. The van der Waals surface area contributed by atoms with Crippen LogP contribution in [0.25, 0.3) is 20.7 Å². The molecule has 1 aromatic carbocycles. The second kappa shape index (κ2) is 6.14. The average molecular weight is 354 g/mol. The van der Waals surface area contributed by atoms with Gasteiger partial charge in [-0.3, -0.25) is 9.36 Å². The van der Waals surface area contributed by atoms with E-state index in [1.807, 2.05) is 30.3 Å². The highest BCUT2D eigenvalue weighted by Crippen LogP contribution is 2.31. The van der Waals surface area contributed by atoms with Crippen molar-refractivity contribution < 1.29 is 9.26 Å². The van der Waals surface area contributed by atoms with E-state index in [1.54, 1.807) is 14.0 Å². The zero-order chi connectivity index (χ0) is 17.4. The van der Waals surface area contributed by atoms with E-state index in [0.29, 0.717) is 21.9 Å². The van der Waals surface area contributed by atoms with E-state index < -0.39 is 0 Å². The summed E-state index contributed by atoms with van der Waals surface area (Å²) < 4.78 is 12.3. The highest BCUT2D eigenvalue weighted by atomic mass is 32.1. The maximum atomic E-state index is 12.7. The number of hydrogen-bond donors (Lipinski definition) is 0. The summed E-state index contributed by atoms with van der Waals surface area (Å²) in [5, 5.41) is 3.73. The van der Waals surface area contributed by atoms with Gasteiger partial charge in [-0.2, -0.15) is 4.98 Å². The first-order valence-corrected chi connectivity index (χ1v) is 8.38. The molecule has 0 unspecified atom stereocenters. The number of benzene rings is 1. The lowest BCUT2D eigenvalue weighted by Gasteiger charge is -2.00. The van der Waals surface area contributed by atoms with Gasteiger partial charge in [-0.1, -0.05) is 5.16 Å². The number of thiophene rings is 1. The van der Waals surface area contributed by atoms with Crippen LogP contribution in [-0.4, -0.2) is 26.8 Å². The Hall–Kier alpha value is -3.00. The summed E-state index contributed by atoms with van der Waals surface area (Å²) in [5.74, 6) is 1.71. The molecule has 4 aromatic rings. The van der Waals surface area contributed by atoms with Gasteiger partial charge >= 0.3 is 0 Å². The molecule has 3 aromatic heterocycles. The SMILES string of the molecule is COc1ccc(-c2cc3ncn(Cc4nc(C)no4)c(=O)c3s2)cc1. The Bertz CT molecular complexity index is 1100. The van der Waals surface area contributed by atoms with E-state index in [1.165, 1.54) is 22.2 Å². The molecule has 0 saturated heterocycles. The van der Waals surface area contributed by atoms with Gasteiger partial charge in [0.05, 0.1) is 19.0 Å². The Morgan fingerprint density at radius 3 is 2.76 bits per heavy atom. The fourth-order valence-electron chi connectivity index (χ4n) is 2.51. The first kappa shape index (κ1) is 15.5. The molecule has 0 fully saturated rings. The Balaban J connectivity index is 1.72. The van der Waals surface area contributed by atoms with Gasteiger partial charge in [0.2, 0.25) is 5.89 Å². The second-order valence-electron chi connectivity index (χ2n) is 5.47. The number of aryl methyl sites for hydroxylation is 1. The number of aromatic nitrogens is 4. The van der Waals surface area contributed by atoms with E-state index >= 15 is 0 Å². The molecule has 3 heterocycles. The molecule has 0 radical (unpaired) electrons. The average Bonchev–Trinajstić information content (AvgIpc) is 3.24. The molecule has 7 nitrogen and oxygen atoms in total. The topological polar surface area (TPSA) is 83.0 Å². The van der Waals surface area contributed by atoms with Crippen molar-refractivity contribution >= 4 is 21.6 Å². The van der Waals surface area contributed by atoms with Crippen LogP contribution in [0.15, 0.2) is 46.0 Å².